The molecule has 2 atom stereocenters. The highest BCUT2D eigenvalue weighted by molar-refractivity contribution is 5.67. The van der Waals surface area contributed by atoms with Gasteiger partial charge < -0.3 is 9.84 Å². The van der Waals surface area contributed by atoms with Crippen molar-refractivity contribution >= 4 is 5.97 Å². The fraction of sp³-hybridized carbons (Fsp3) is 0.714. The lowest BCUT2D eigenvalue weighted by Crippen LogP contribution is -2.47. The van der Waals surface area contributed by atoms with Gasteiger partial charge in [0.05, 0.1) is 25.3 Å². The third-order valence-corrected chi connectivity index (χ3v) is 4.16. The van der Waals surface area contributed by atoms with Gasteiger partial charge in [0.25, 0.3) is 0 Å². The van der Waals surface area contributed by atoms with E-state index < -0.39 is 5.97 Å². The predicted molar refractivity (Wildman–Crippen MR) is 74.7 cm³/mol. The van der Waals surface area contributed by atoms with Crippen LogP contribution in [0.3, 0.4) is 0 Å². The summed E-state index contributed by atoms with van der Waals surface area (Å²) in [4.78, 5) is 13.2. The van der Waals surface area contributed by atoms with Crippen LogP contribution < -0.4 is 0 Å². The zero-order chi connectivity index (χ0) is 14.9. The van der Waals surface area contributed by atoms with Gasteiger partial charge in [0.15, 0.2) is 0 Å². The third-order valence-electron chi connectivity index (χ3n) is 4.16. The fourth-order valence-corrected chi connectivity index (χ4v) is 3.12. The maximum atomic E-state index is 11.0. The number of carboxylic acid groups (broad SMARTS) is 1. The second-order valence-corrected chi connectivity index (χ2v) is 5.45. The number of rotatable bonds is 4. The fourth-order valence-electron chi connectivity index (χ4n) is 3.12. The summed E-state index contributed by atoms with van der Waals surface area (Å²) in [6.07, 6.45) is 0.114. The topological polar surface area (TPSA) is 67.6 Å². The van der Waals surface area contributed by atoms with Crippen molar-refractivity contribution in [2.75, 3.05) is 19.8 Å². The molecule has 0 spiro atoms. The van der Waals surface area contributed by atoms with E-state index in [1.807, 2.05) is 18.7 Å². The van der Waals surface area contributed by atoms with Crippen LogP contribution in [0.15, 0.2) is 0 Å². The van der Waals surface area contributed by atoms with Gasteiger partial charge in [0, 0.05) is 36.9 Å². The zero-order valence-electron chi connectivity index (χ0n) is 12.6. The van der Waals surface area contributed by atoms with Gasteiger partial charge in [-0.1, -0.05) is 0 Å². The highest BCUT2D eigenvalue weighted by atomic mass is 16.5. The first-order valence-electron chi connectivity index (χ1n) is 6.97. The molecule has 6 heteroatoms. The Hall–Kier alpha value is -1.40. The van der Waals surface area contributed by atoms with Gasteiger partial charge in [-0.2, -0.15) is 5.10 Å². The maximum Gasteiger partial charge on any atom is 0.305 e. The first-order valence-corrected chi connectivity index (χ1v) is 6.97. The molecule has 2 rings (SSSR count). The first-order chi connectivity index (χ1) is 9.41. The van der Waals surface area contributed by atoms with E-state index in [2.05, 4.69) is 23.8 Å². The molecule has 0 aromatic carbocycles. The smallest absolute Gasteiger partial charge is 0.305 e. The van der Waals surface area contributed by atoms with Crippen molar-refractivity contribution in [3.8, 4) is 0 Å². The number of ether oxygens (including phenoxy) is 1. The van der Waals surface area contributed by atoms with Crippen LogP contribution >= 0.6 is 0 Å². The molecule has 0 radical (unpaired) electrons. The minimum Gasteiger partial charge on any atom is -0.481 e. The molecule has 112 valence electrons. The summed E-state index contributed by atoms with van der Waals surface area (Å²) < 4.78 is 7.32. The molecule has 20 heavy (non-hydrogen) atoms. The summed E-state index contributed by atoms with van der Waals surface area (Å²) in [7, 11) is 1.94. The van der Waals surface area contributed by atoms with E-state index in [1.165, 1.54) is 5.56 Å². The molecule has 0 aliphatic carbocycles. The van der Waals surface area contributed by atoms with Crippen molar-refractivity contribution in [3.05, 3.63) is 17.0 Å². The Labute approximate surface area is 119 Å². The van der Waals surface area contributed by atoms with Gasteiger partial charge in [0.1, 0.15) is 0 Å². The molecule has 1 fully saturated rings. The largest absolute Gasteiger partial charge is 0.481 e. The highest BCUT2D eigenvalue weighted by Gasteiger charge is 2.31. The molecule has 1 aromatic heterocycles. The van der Waals surface area contributed by atoms with E-state index >= 15 is 0 Å². The van der Waals surface area contributed by atoms with Crippen LogP contribution in [0.5, 0.6) is 0 Å². The summed E-state index contributed by atoms with van der Waals surface area (Å²) in [6.45, 7) is 8.07. The maximum absolute atomic E-state index is 11.0. The van der Waals surface area contributed by atoms with Crippen LogP contribution in [0, 0.1) is 13.8 Å². The number of aromatic nitrogens is 2. The molecule has 1 aliphatic heterocycles. The number of hydrogen-bond donors (Lipinski definition) is 1. The average molecular weight is 281 g/mol. The van der Waals surface area contributed by atoms with E-state index in [0.717, 1.165) is 17.9 Å². The van der Waals surface area contributed by atoms with Gasteiger partial charge in [-0.15, -0.1) is 0 Å². The van der Waals surface area contributed by atoms with E-state index in [1.54, 1.807) is 0 Å². The Morgan fingerprint density at radius 2 is 2.25 bits per heavy atom. The molecule has 0 amide bonds. The Kier molecular flexibility index (Phi) is 4.45. The monoisotopic (exact) mass is 281 g/mol. The summed E-state index contributed by atoms with van der Waals surface area (Å²) in [6, 6.07) is 0.0761. The van der Waals surface area contributed by atoms with Crippen molar-refractivity contribution in [3.63, 3.8) is 0 Å². The highest BCUT2D eigenvalue weighted by Crippen LogP contribution is 2.29. The lowest BCUT2D eigenvalue weighted by Gasteiger charge is -2.39. The molecule has 1 aliphatic rings. The standard InChI is InChI=1S/C14H23N3O3/c1-9-14(10(2)16(4)15-9)11(3)17-5-6-20-8-12(17)7-13(18)19/h11-12H,5-8H2,1-4H3,(H,18,19). The number of carboxylic acids is 1. The number of carbonyl (C=O) groups is 1. The molecule has 1 aromatic rings. The number of aryl methyl sites for hydroxylation is 2. The Morgan fingerprint density at radius 1 is 1.55 bits per heavy atom. The lowest BCUT2D eigenvalue weighted by molar-refractivity contribution is -0.140. The SMILES string of the molecule is Cc1nn(C)c(C)c1C(C)N1CCOCC1CC(=O)O. The molecule has 2 unspecified atom stereocenters. The third kappa shape index (κ3) is 2.86. The molecule has 1 N–H and O–H groups in total. The Balaban J connectivity index is 2.25. The number of aliphatic carboxylic acids is 1. The molecule has 1 saturated heterocycles. The molecular formula is C14H23N3O3. The average Bonchev–Trinajstić information content (AvgIpc) is 2.62. The Bertz CT molecular complexity index is 498. The van der Waals surface area contributed by atoms with Crippen LogP contribution in [-0.2, 0) is 16.6 Å². The van der Waals surface area contributed by atoms with Crippen LogP contribution in [0.25, 0.3) is 0 Å². The van der Waals surface area contributed by atoms with E-state index in [9.17, 15) is 4.79 Å². The number of hydrogen-bond acceptors (Lipinski definition) is 4. The molecule has 6 nitrogen and oxygen atoms in total. The van der Waals surface area contributed by atoms with Crippen molar-refractivity contribution < 1.29 is 14.6 Å². The van der Waals surface area contributed by atoms with Crippen LogP contribution in [0.1, 0.15) is 36.3 Å². The first kappa shape index (κ1) is 15.0. The van der Waals surface area contributed by atoms with Crippen molar-refractivity contribution in [1.29, 1.82) is 0 Å². The van der Waals surface area contributed by atoms with Crippen molar-refractivity contribution in [2.24, 2.45) is 7.05 Å². The van der Waals surface area contributed by atoms with Gasteiger partial charge >= 0.3 is 5.97 Å². The molecular weight excluding hydrogens is 258 g/mol. The zero-order valence-corrected chi connectivity index (χ0v) is 12.6. The van der Waals surface area contributed by atoms with E-state index in [-0.39, 0.29) is 18.5 Å². The van der Waals surface area contributed by atoms with E-state index in [0.29, 0.717) is 13.2 Å². The molecule has 0 bridgehead atoms. The summed E-state index contributed by atoms with van der Waals surface area (Å²) in [5, 5.41) is 13.5. The number of morpholine rings is 1. The van der Waals surface area contributed by atoms with Crippen molar-refractivity contribution in [2.45, 2.75) is 39.3 Å². The lowest BCUT2D eigenvalue weighted by atomic mass is 10.0. The molecule has 0 saturated carbocycles. The van der Waals surface area contributed by atoms with Gasteiger partial charge in [-0.3, -0.25) is 14.4 Å². The number of nitrogens with zero attached hydrogens (tertiary/aromatic N) is 3. The second-order valence-electron chi connectivity index (χ2n) is 5.45. The Morgan fingerprint density at radius 3 is 2.80 bits per heavy atom. The summed E-state index contributed by atoms with van der Waals surface area (Å²) >= 11 is 0. The summed E-state index contributed by atoms with van der Waals surface area (Å²) in [5.41, 5.74) is 3.35. The van der Waals surface area contributed by atoms with Crippen molar-refractivity contribution in [1.82, 2.24) is 14.7 Å². The van der Waals surface area contributed by atoms with Crippen LogP contribution in [0.2, 0.25) is 0 Å². The quantitative estimate of drug-likeness (QED) is 0.900. The minimum atomic E-state index is -0.780. The van der Waals surface area contributed by atoms with Gasteiger partial charge in [0.2, 0.25) is 0 Å². The predicted octanol–water partition coefficient (Wildman–Crippen LogP) is 1.27. The molecule has 2 heterocycles. The van der Waals surface area contributed by atoms with Crippen LogP contribution in [0.4, 0.5) is 0 Å². The normalized spacial score (nSPS) is 21.9. The minimum absolute atomic E-state index is 0.0738. The van der Waals surface area contributed by atoms with Gasteiger partial charge in [-0.05, 0) is 20.8 Å². The van der Waals surface area contributed by atoms with Crippen LogP contribution in [-0.4, -0.2) is 51.6 Å². The summed E-state index contributed by atoms with van der Waals surface area (Å²) in [5.74, 6) is -0.780. The van der Waals surface area contributed by atoms with Gasteiger partial charge in [-0.25, -0.2) is 0 Å². The van der Waals surface area contributed by atoms with E-state index in [4.69, 9.17) is 9.84 Å². The second kappa shape index (κ2) is 5.93.